The summed E-state index contributed by atoms with van der Waals surface area (Å²) in [5.41, 5.74) is 2.58. The molecule has 0 radical (unpaired) electrons. The third-order valence-corrected chi connectivity index (χ3v) is 4.29. The fraction of sp³-hybridized carbons (Fsp3) is 0.118. The zero-order valence-corrected chi connectivity index (χ0v) is 13.3. The summed E-state index contributed by atoms with van der Waals surface area (Å²) < 4.78 is 16.8. The topological polar surface area (TPSA) is 87.7 Å². The summed E-state index contributed by atoms with van der Waals surface area (Å²) >= 11 is 0. The second kappa shape index (κ2) is 5.78. The Hall–Kier alpha value is -2.20. The van der Waals surface area contributed by atoms with Crippen LogP contribution in [0.1, 0.15) is 11.1 Å². The van der Waals surface area contributed by atoms with Gasteiger partial charge in [-0.15, -0.1) is 0 Å². The van der Waals surface area contributed by atoms with Crippen LogP contribution in [0.3, 0.4) is 0 Å². The molecule has 0 saturated carbocycles. The van der Waals surface area contributed by atoms with Gasteiger partial charge in [0.05, 0.1) is 11.5 Å². The third kappa shape index (κ3) is 3.59. The monoisotopic (exact) mass is 330 g/mol. The van der Waals surface area contributed by atoms with Crippen molar-refractivity contribution in [2.75, 3.05) is 0 Å². The lowest BCUT2D eigenvalue weighted by Crippen LogP contribution is -2.00. The van der Waals surface area contributed by atoms with Crippen LogP contribution in [-0.2, 0) is 10.7 Å². The van der Waals surface area contributed by atoms with E-state index in [0.717, 1.165) is 5.56 Å². The summed E-state index contributed by atoms with van der Waals surface area (Å²) in [6, 6.07) is 13.5. The van der Waals surface area contributed by atoms with E-state index in [1.54, 1.807) is 36.4 Å². The highest BCUT2D eigenvalue weighted by Gasteiger charge is 2.14. The quantitative estimate of drug-likeness (QED) is 0.718. The molecule has 0 aliphatic heterocycles. The first kappa shape index (κ1) is 15.7. The van der Waals surface area contributed by atoms with Crippen molar-refractivity contribution in [1.29, 1.82) is 0 Å². The molecular weight excluding hydrogens is 315 g/mol. The Morgan fingerprint density at radius 1 is 1.04 bits per heavy atom. The maximum absolute atomic E-state index is 12.2. The summed E-state index contributed by atoms with van der Waals surface area (Å²) in [6.45, 7) is 1.91. The second-order valence-electron chi connectivity index (χ2n) is 5.49. The van der Waals surface area contributed by atoms with Gasteiger partial charge in [-0.3, -0.25) is 9.36 Å². The smallest absolute Gasteiger partial charge is 0.329 e. The van der Waals surface area contributed by atoms with Crippen molar-refractivity contribution in [3.8, 4) is 11.3 Å². The van der Waals surface area contributed by atoms with Gasteiger partial charge in [-0.05, 0) is 24.6 Å². The van der Waals surface area contributed by atoms with Crippen LogP contribution in [0.5, 0.6) is 0 Å². The molecule has 0 fully saturated rings. The fourth-order valence-corrected chi connectivity index (χ4v) is 3.11. The lowest BCUT2D eigenvalue weighted by molar-refractivity contribution is 0.371. The van der Waals surface area contributed by atoms with Crippen molar-refractivity contribution >= 4 is 18.6 Å². The molecule has 1 aromatic heterocycles. The lowest BCUT2D eigenvalue weighted by atomic mass is 10.1. The van der Waals surface area contributed by atoms with Gasteiger partial charge in [0.15, 0.2) is 5.43 Å². The maximum atomic E-state index is 12.2. The van der Waals surface area contributed by atoms with E-state index in [9.17, 15) is 9.36 Å². The number of benzene rings is 2. The van der Waals surface area contributed by atoms with Gasteiger partial charge in [-0.25, -0.2) is 0 Å². The van der Waals surface area contributed by atoms with Crippen LogP contribution in [0.2, 0.25) is 0 Å². The van der Waals surface area contributed by atoms with Crippen molar-refractivity contribution in [2.24, 2.45) is 0 Å². The highest BCUT2D eigenvalue weighted by Crippen LogP contribution is 2.39. The minimum atomic E-state index is -4.09. The molecule has 3 rings (SSSR count). The Morgan fingerprint density at radius 2 is 1.74 bits per heavy atom. The molecule has 2 aromatic carbocycles. The average molecular weight is 330 g/mol. The predicted molar refractivity (Wildman–Crippen MR) is 88.4 cm³/mol. The minimum absolute atomic E-state index is 0.121. The Balaban J connectivity index is 2.02. The lowest BCUT2D eigenvalue weighted by Gasteiger charge is -2.06. The molecule has 3 aromatic rings. The third-order valence-electron chi connectivity index (χ3n) is 3.51. The molecule has 0 unspecified atom stereocenters. The average Bonchev–Trinajstić information content (AvgIpc) is 2.47. The molecule has 0 spiro atoms. The van der Waals surface area contributed by atoms with Gasteiger partial charge in [0.25, 0.3) is 0 Å². The van der Waals surface area contributed by atoms with Gasteiger partial charge in [0.2, 0.25) is 0 Å². The van der Waals surface area contributed by atoms with Gasteiger partial charge in [0.1, 0.15) is 11.3 Å². The SMILES string of the molecule is Cc1ccc2oc(-c3ccc(CP(=O)(O)O)cc3)cc(=O)c2c1. The van der Waals surface area contributed by atoms with Crippen LogP contribution < -0.4 is 5.43 Å². The molecule has 2 N–H and O–H groups in total. The zero-order chi connectivity index (χ0) is 16.6. The highest BCUT2D eigenvalue weighted by atomic mass is 31.2. The van der Waals surface area contributed by atoms with Crippen LogP contribution in [0.4, 0.5) is 0 Å². The summed E-state index contributed by atoms with van der Waals surface area (Å²) in [5, 5.41) is 0.534. The van der Waals surface area contributed by atoms with Gasteiger partial charge < -0.3 is 14.2 Å². The Morgan fingerprint density at radius 3 is 2.39 bits per heavy atom. The molecule has 1 heterocycles. The molecule has 6 heteroatoms. The fourth-order valence-electron chi connectivity index (χ4n) is 2.42. The van der Waals surface area contributed by atoms with Crippen LogP contribution in [0.25, 0.3) is 22.3 Å². The molecule has 0 atom stereocenters. The maximum Gasteiger partial charge on any atom is 0.329 e. The van der Waals surface area contributed by atoms with Crippen molar-refractivity contribution in [2.45, 2.75) is 13.1 Å². The molecule has 5 nitrogen and oxygen atoms in total. The van der Waals surface area contributed by atoms with Crippen LogP contribution in [-0.4, -0.2) is 9.79 Å². The van der Waals surface area contributed by atoms with Crippen LogP contribution in [0, 0.1) is 6.92 Å². The second-order valence-corrected chi connectivity index (χ2v) is 7.14. The van der Waals surface area contributed by atoms with E-state index in [0.29, 0.717) is 27.9 Å². The van der Waals surface area contributed by atoms with Gasteiger partial charge in [-0.2, -0.15) is 0 Å². The first-order chi connectivity index (χ1) is 10.8. The van der Waals surface area contributed by atoms with Crippen molar-refractivity contribution in [3.63, 3.8) is 0 Å². The first-order valence-electron chi connectivity index (χ1n) is 7.00. The molecule has 23 heavy (non-hydrogen) atoms. The summed E-state index contributed by atoms with van der Waals surface area (Å²) in [6.07, 6.45) is -0.311. The van der Waals surface area contributed by atoms with Gasteiger partial charge in [-0.1, -0.05) is 35.9 Å². The number of aryl methyl sites for hydroxylation is 1. The standard InChI is InChI=1S/C17H15O5P/c1-11-2-7-16-14(8-11)15(18)9-17(22-16)13-5-3-12(4-6-13)10-23(19,20)21/h2-9H,10H2,1H3,(H2,19,20,21). The van der Waals surface area contributed by atoms with E-state index >= 15 is 0 Å². The molecule has 0 bridgehead atoms. The number of rotatable bonds is 3. The van der Waals surface area contributed by atoms with E-state index < -0.39 is 7.60 Å². The molecule has 0 aliphatic rings. The normalized spacial score (nSPS) is 11.8. The van der Waals surface area contributed by atoms with E-state index in [1.807, 2.05) is 13.0 Å². The molecular formula is C17H15O5P. The van der Waals surface area contributed by atoms with E-state index in [4.69, 9.17) is 14.2 Å². The van der Waals surface area contributed by atoms with E-state index in [1.165, 1.54) is 6.07 Å². The number of fused-ring (bicyclic) bond motifs is 1. The molecule has 0 saturated heterocycles. The van der Waals surface area contributed by atoms with Gasteiger partial charge >= 0.3 is 7.60 Å². The molecule has 0 amide bonds. The zero-order valence-electron chi connectivity index (χ0n) is 12.4. The highest BCUT2D eigenvalue weighted by molar-refractivity contribution is 7.50. The van der Waals surface area contributed by atoms with Gasteiger partial charge in [0, 0.05) is 11.6 Å². The molecule has 118 valence electrons. The van der Waals surface area contributed by atoms with E-state index in [-0.39, 0.29) is 11.6 Å². The van der Waals surface area contributed by atoms with Crippen molar-refractivity contribution < 1.29 is 18.8 Å². The first-order valence-corrected chi connectivity index (χ1v) is 8.80. The van der Waals surface area contributed by atoms with E-state index in [2.05, 4.69) is 0 Å². The summed E-state index contributed by atoms with van der Waals surface area (Å²) in [4.78, 5) is 30.2. The molecule has 0 aliphatic carbocycles. The Kier molecular flexibility index (Phi) is 3.94. The summed E-state index contributed by atoms with van der Waals surface area (Å²) in [5.74, 6) is 0.425. The Labute approximate surface area is 132 Å². The summed E-state index contributed by atoms with van der Waals surface area (Å²) in [7, 11) is -4.09. The van der Waals surface area contributed by atoms with Crippen LogP contribution in [0.15, 0.2) is 57.7 Å². The predicted octanol–water partition coefficient (Wildman–Crippen LogP) is 3.45. The minimum Gasteiger partial charge on any atom is -0.456 e. The largest absolute Gasteiger partial charge is 0.456 e. The number of hydrogen-bond acceptors (Lipinski definition) is 3. The van der Waals surface area contributed by atoms with Crippen LogP contribution >= 0.6 is 7.60 Å². The number of hydrogen-bond donors (Lipinski definition) is 2. The van der Waals surface area contributed by atoms with Crippen molar-refractivity contribution in [1.82, 2.24) is 0 Å². The Bertz CT molecular complexity index is 966. The van der Waals surface area contributed by atoms with Crippen molar-refractivity contribution in [3.05, 3.63) is 69.9 Å².